The fraction of sp³-hybridized carbons (Fsp3) is 0.600. The summed E-state index contributed by atoms with van der Waals surface area (Å²) in [5.74, 6) is 0.291. The van der Waals surface area contributed by atoms with Gasteiger partial charge in [-0.3, -0.25) is 9.59 Å². The van der Waals surface area contributed by atoms with Crippen LogP contribution in [0.5, 0.6) is 5.75 Å². The molecule has 158 valence electrons. The van der Waals surface area contributed by atoms with Crippen LogP contribution in [0.15, 0.2) is 29.2 Å². The molecule has 9 heteroatoms. The van der Waals surface area contributed by atoms with Crippen molar-refractivity contribution in [2.45, 2.75) is 30.6 Å². The summed E-state index contributed by atoms with van der Waals surface area (Å²) in [7, 11) is -2.02. The van der Waals surface area contributed by atoms with Crippen molar-refractivity contribution in [1.29, 1.82) is 0 Å². The van der Waals surface area contributed by atoms with Crippen LogP contribution in [-0.2, 0) is 19.6 Å². The van der Waals surface area contributed by atoms with Gasteiger partial charge in [-0.15, -0.1) is 0 Å². The number of ether oxygens (including phenoxy) is 1. The predicted molar refractivity (Wildman–Crippen MR) is 105 cm³/mol. The molecular formula is C20H28N3O5S+. The number of carbonyl (C=O) groups is 2. The van der Waals surface area contributed by atoms with Crippen LogP contribution in [0.1, 0.15) is 25.7 Å². The van der Waals surface area contributed by atoms with E-state index in [0.717, 1.165) is 30.6 Å². The third kappa shape index (κ3) is 3.78. The number of imide groups is 1. The van der Waals surface area contributed by atoms with E-state index in [-0.39, 0.29) is 28.5 Å². The summed E-state index contributed by atoms with van der Waals surface area (Å²) in [6, 6.07) is 6.38. The minimum atomic E-state index is -3.56. The second-order valence-corrected chi connectivity index (χ2v) is 10.0. The highest BCUT2D eigenvalue weighted by molar-refractivity contribution is 7.89. The van der Waals surface area contributed by atoms with Crippen LogP contribution in [0.4, 0.5) is 0 Å². The molecule has 2 amide bonds. The van der Waals surface area contributed by atoms with Crippen LogP contribution in [-0.4, -0.2) is 69.4 Å². The molecule has 3 fully saturated rings. The molecule has 2 aliphatic heterocycles. The molecule has 0 radical (unpaired) electrons. The van der Waals surface area contributed by atoms with E-state index in [2.05, 4.69) is 0 Å². The van der Waals surface area contributed by atoms with Crippen molar-refractivity contribution < 1.29 is 27.6 Å². The van der Waals surface area contributed by atoms with E-state index in [4.69, 9.17) is 4.74 Å². The monoisotopic (exact) mass is 422 g/mol. The van der Waals surface area contributed by atoms with Crippen molar-refractivity contribution in [3.05, 3.63) is 24.3 Å². The fourth-order valence-corrected chi connectivity index (χ4v) is 6.15. The van der Waals surface area contributed by atoms with Crippen LogP contribution in [0.2, 0.25) is 0 Å². The van der Waals surface area contributed by atoms with Gasteiger partial charge >= 0.3 is 0 Å². The summed E-state index contributed by atoms with van der Waals surface area (Å²) in [5, 5.41) is 0. The van der Waals surface area contributed by atoms with E-state index in [1.165, 1.54) is 16.3 Å². The number of piperazine rings is 1. The molecule has 1 aromatic carbocycles. The van der Waals surface area contributed by atoms with E-state index in [0.29, 0.717) is 38.6 Å². The van der Waals surface area contributed by atoms with E-state index in [9.17, 15) is 18.0 Å². The Morgan fingerprint density at radius 2 is 1.55 bits per heavy atom. The first-order valence-corrected chi connectivity index (χ1v) is 11.7. The topological polar surface area (TPSA) is 88.4 Å². The van der Waals surface area contributed by atoms with Gasteiger partial charge in [0, 0.05) is 0 Å². The van der Waals surface area contributed by atoms with E-state index >= 15 is 0 Å². The van der Waals surface area contributed by atoms with Crippen molar-refractivity contribution in [3.63, 3.8) is 0 Å². The molecule has 0 spiro atoms. The smallest absolute Gasteiger partial charge is 0.243 e. The molecular weight excluding hydrogens is 394 g/mol. The summed E-state index contributed by atoms with van der Waals surface area (Å²) >= 11 is 0. The van der Waals surface area contributed by atoms with Gasteiger partial charge in [-0.25, -0.2) is 13.3 Å². The Morgan fingerprint density at radius 1 is 1.00 bits per heavy atom. The van der Waals surface area contributed by atoms with Crippen LogP contribution >= 0.6 is 0 Å². The van der Waals surface area contributed by atoms with Gasteiger partial charge in [-0.1, -0.05) is 12.8 Å². The number of rotatable bonds is 5. The quantitative estimate of drug-likeness (QED) is 0.660. The standard InChI is InChI=1S/C20H27N3O5S/c1-28-15-6-8-16(9-7-15)29(26,27)22-12-10-21(11-13-22)14-23-19(24)17-4-2-3-5-18(17)20(23)25/h6-9,17-18H,2-5,10-14H2,1H3/p+1/t17-,18-/m1/s1. The number of likely N-dealkylation sites (tertiary alicyclic amines) is 1. The number of carbonyl (C=O) groups excluding carboxylic acids is 2. The van der Waals surface area contributed by atoms with Gasteiger partial charge in [0.05, 0.1) is 50.0 Å². The first kappa shape index (κ1) is 20.3. The molecule has 1 aromatic rings. The van der Waals surface area contributed by atoms with Gasteiger partial charge in [-0.2, -0.15) is 4.31 Å². The van der Waals surface area contributed by atoms with Crippen LogP contribution < -0.4 is 9.64 Å². The zero-order chi connectivity index (χ0) is 20.6. The molecule has 29 heavy (non-hydrogen) atoms. The lowest BCUT2D eigenvalue weighted by atomic mass is 9.81. The number of nitrogens with zero attached hydrogens (tertiary/aromatic N) is 2. The average molecular weight is 423 g/mol. The van der Waals surface area contributed by atoms with Gasteiger partial charge in [0.25, 0.3) is 0 Å². The van der Waals surface area contributed by atoms with E-state index < -0.39 is 10.0 Å². The maximum absolute atomic E-state index is 12.9. The molecule has 8 nitrogen and oxygen atoms in total. The summed E-state index contributed by atoms with van der Waals surface area (Å²) in [4.78, 5) is 28.1. The molecule has 1 aliphatic carbocycles. The lowest BCUT2D eigenvalue weighted by Crippen LogP contribution is -3.16. The third-order valence-electron chi connectivity index (χ3n) is 6.44. The maximum atomic E-state index is 12.9. The molecule has 4 rings (SSSR count). The third-order valence-corrected chi connectivity index (χ3v) is 8.35. The number of hydrogen-bond donors (Lipinski definition) is 1. The van der Waals surface area contributed by atoms with E-state index in [1.54, 1.807) is 24.3 Å². The second kappa shape index (κ2) is 8.04. The van der Waals surface area contributed by atoms with Gasteiger partial charge in [-0.05, 0) is 37.1 Å². The number of sulfonamides is 1. The minimum Gasteiger partial charge on any atom is -0.497 e. The number of quaternary nitrogens is 1. The van der Waals surface area contributed by atoms with Gasteiger partial charge < -0.3 is 9.64 Å². The largest absolute Gasteiger partial charge is 0.497 e. The van der Waals surface area contributed by atoms with Gasteiger partial charge in [0.2, 0.25) is 21.8 Å². The molecule has 0 bridgehead atoms. The number of methoxy groups -OCH3 is 1. The Hall–Kier alpha value is -1.97. The zero-order valence-electron chi connectivity index (χ0n) is 16.7. The Kier molecular flexibility index (Phi) is 5.63. The van der Waals surface area contributed by atoms with Gasteiger partial charge in [0.15, 0.2) is 6.67 Å². The average Bonchev–Trinajstić information content (AvgIpc) is 2.99. The molecule has 0 unspecified atom stereocenters. The summed E-state index contributed by atoms with van der Waals surface area (Å²) < 4.78 is 32.3. The lowest BCUT2D eigenvalue weighted by molar-refractivity contribution is -0.910. The van der Waals surface area contributed by atoms with Crippen molar-refractivity contribution in [2.75, 3.05) is 40.0 Å². The summed E-state index contributed by atoms with van der Waals surface area (Å²) in [5.41, 5.74) is 0. The molecule has 1 saturated carbocycles. The Morgan fingerprint density at radius 3 is 2.07 bits per heavy atom. The predicted octanol–water partition coefficient (Wildman–Crippen LogP) is -0.283. The molecule has 2 saturated heterocycles. The lowest BCUT2D eigenvalue weighted by Gasteiger charge is -2.33. The van der Waals surface area contributed by atoms with Crippen molar-refractivity contribution in [3.8, 4) is 5.75 Å². The Bertz CT molecular complexity index is 854. The highest BCUT2D eigenvalue weighted by atomic mass is 32.2. The Labute approximate surface area is 171 Å². The molecule has 2 heterocycles. The zero-order valence-corrected chi connectivity index (χ0v) is 17.5. The first-order valence-electron chi connectivity index (χ1n) is 10.2. The highest BCUT2D eigenvalue weighted by Gasteiger charge is 2.49. The van der Waals surface area contributed by atoms with Crippen molar-refractivity contribution in [1.82, 2.24) is 9.21 Å². The molecule has 2 atom stereocenters. The number of benzene rings is 1. The number of nitrogens with one attached hydrogen (secondary N) is 1. The minimum absolute atomic E-state index is 0.0273. The SMILES string of the molecule is COc1ccc(S(=O)(=O)N2CC[NH+](CN3C(=O)[C@@H]4CCCC[C@H]4C3=O)CC2)cc1. The number of hydrogen-bond acceptors (Lipinski definition) is 5. The summed E-state index contributed by atoms with van der Waals surface area (Å²) in [6.45, 7) is 2.23. The van der Waals surface area contributed by atoms with Crippen molar-refractivity contribution >= 4 is 21.8 Å². The summed E-state index contributed by atoms with van der Waals surface area (Å²) in [6.07, 6.45) is 3.66. The van der Waals surface area contributed by atoms with Crippen LogP contribution in [0.25, 0.3) is 0 Å². The van der Waals surface area contributed by atoms with Crippen LogP contribution in [0, 0.1) is 11.8 Å². The molecule has 0 aromatic heterocycles. The fourth-order valence-electron chi connectivity index (χ4n) is 4.71. The Balaban J connectivity index is 1.37. The maximum Gasteiger partial charge on any atom is 0.243 e. The van der Waals surface area contributed by atoms with E-state index in [1.807, 2.05) is 0 Å². The van der Waals surface area contributed by atoms with Crippen molar-refractivity contribution in [2.24, 2.45) is 11.8 Å². The molecule has 1 N–H and O–H groups in total. The first-order chi connectivity index (χ1) is 13.9. The molecule has 3 aliphatic rings. The normalized spacial score (nSPS) is 26.6. The van der Waals surface area contributed by atoms with Gasteiger partial charge in [0.1, 0.15) is 5.75 Å². The second-order valence-electron chi connectivity index (χ2n) is 8.09. The number of fused-ring (bicyclic) bond motifs is 1. The highest BCUT2D eigenvalue weighted by Crippen LogP contribution is 2.37. The number of amides is 2. The van der Waals surface area contributed by atoms with Crippen LogP contribution in [0.3, 0.4) is 0 Å².